The van der Waals surface area contributed by atoms with Gasteiger partial charge in [0, 0.05) is 42.9 Å². The van der Waals surface area contributed by atoms with Crippen LogP contribution in [0.2, 0.25) is 0 Å². The average molecular weight is 331 g/mol. The number of rotatable bonds is 5. The third kappa shape index (κ3) is 4.66. The number of carbonyl (C=O) groups excluding carboxylic acids is 1. The SMILES string of the molecule is O=C(NCCc1cccs1)N[C@@H]1CCCN(c2ncccn2)C1. The molecule has 1 aliphatic heterocycles. The maximum Gasteiger partial charge on any atom is 0.315 e. The molecule has 6 nitrogen and oxygen atoms in total. The van der Waals surface area contributed by atoms with Crippen LogP contribution in [0.1, 0.15) is 17.7 Å². The minimum absolute atomic E-state index is 0.0950. The topological polar surface area (TPSA) is 70.2 Å². The van der Waals surface area contributed by atoms with Crippen LogP contribution in [0.3, 0.4) is 0 Å². The zero-order valence-corrected chi connectivity index (χ0v) is 13.8. The Morgan fingerprint density at radius 2 is 2.22 bits per heavy atom. The number of hydrogen-bond acceptors (Lipinski definition) is 5. The second-order valence-corrected chi connectivity index (χ2v) is 6.60. The molecule has 3 rings (SSSR count). The molecule has 7 heteroatoms. The number of urea groups is 1. The van der Waals surface area contributed by atoms with E-state index in [1.807, 2.05) is 12.1 Å². The van der Waals surface area contributed by atoms with E-state index in [-0.39, 0.29) is 12.1 Å². The molecular formula is C16H21N5OS. The number of hydrogen-bond donors (Lipinski definition) is 2. The summed E-state index contributed by atoms with van der Waals surface area (Å²) >= 11 is 1.72. The van der Waals surface area contributed by atoms with Gasteiger partial charge in [0.2, 0.25) is 5.95 Å². The maximum atomic E-state index is 12.0. The monoisotopic (exact) mass is 331 g/mol. The van der Waals surface area contributed by atoms with Crippen LogP contribution in [-0.4, -0.2) is 41.7 Å². The first-order valence-corrected chi connectivity index (χ1v) is 8.78. The highest BCUT2D eigenvalue weighted by molar-refractivity contribution is 7.09. The number of thiophene rings is 1. The summed E-state index contributed by atoms with van der Waals surface area (Å²) in [6.07, 6.45) is 6.38. The van der Waals surface area contributed by atoms with Gasteiger partial charge < -0.3 is 15.5 Å². The van der Waals surface area contributed by atoms with E-state index in [0.717, 1.165) is 38.3 Å². The summed E-state index contributed by atoms with van der Waals surface area (Å²) in [6, 6.07) is 5.96. The highest BCUT2D eigenvalue weighted by Gasteiger charge is 2.22. The van der Waals surface area contributed by atoms with Gasteiger partial charge in [0.15, 0.2) is 0 Å². The van der Waals surface area contributed by atoms with Crippen molar-refractivity contribution in [2.75, 3.05) is 24.5 Å². The van der Waals surface area contributed by atoms with Crippen LogP contribution in [0.4, 0.5) is 10.7 Å². The summed E-state index contributed by atoms with van der Waals surface area (Å²) in [5, 5.41) is 8.04. The van der Waals surface area contributed by atoms with Crippen molar-refractivity contribution in [3.8, 4) is 0 Å². The van der Waals surface area contributed by atoms with Crippen LogP contribution < -0.4 is 15.5 Å². The van der Waals surface area contributed by atoms with Crippen molar-refractivity contribution >= 4 is 23.3 Å². The Morgan fingerprint density at radius 3 is 3.00 bits per heavy atom. The number of aromatic nitrogens is 2. The first-order chi connectivity index (χ1) is 11.3. The molecule has 2 aromatic heterocycles. The molecule has 122 valence electrons. The molecule has 0 radical (unpaired) electrons. The molecule has 2 N–H and O–H groups in total. The molecule has 2 amide bonds. The van der Waals surface area contributed by atoms with Crippen molar-refractivity contribution in [3.05, 3.63) is 40.8 Å². The van der Waals surface area contributed by atoms with Crippen molar-refractivity contribution in [3.63, 3.8) is 0 Å². The number of piperidine rings is 1. The third-order valence-electron chi connectivity index (χ3n) is 3.83. The Balaban J connectivity index is 1.43. The van der Waals surface area contributed by atoms with Gasteiger partial charge in [0.1, 0.15) is 0 Å². The summed E-state index contributed by atoms with van der Waals surface area (Å²) in [6.45, 7) is 2.34. The first-order valence-electron chi connectivity index (χ1n) is 7.90. The first kappa shape index (κ1) is 15.7. The molecule has 0 unspecified atom stereocenters. The van der Waals surface area contributed by atoms with Crippen molar-refractivity contribution < 1.29 is 4.79 Å². The quantitative estimate of drug-likeness (QED) is 0.880. The minimum Gasteiger partial charge on any atom is -0.339 e. The van der Waals surface area contributed by atoms with E-state index in [9.17, 15) is 4.79 Å². The molecule has 0 bridgehead atoms. The fourth-order valence-electron chi connectivity index (χ4n) is 2.72. The molecule has 1 fully saturated rings. The van der Waals surface area contributed by atoms with Crippen LogP contribution in [0.25, 0.3) is 0 Å². The van der Waals surface area contributed by atoms with Gasteiger partial charge in [-0.3, -0.25) is 0 Å². The van der Waals surface area contributed by atoms with E-state index in [0.29, 0.717) is 6.54 Å². The van der Waals surface area contributed by atoms with Gasteiger partial charge in [-0.2, -0.15) is 0 Å². The predicted molar refractivity (Wildman–Crippen MR) is 91.8 cm³/mol. The summed E-state index contributed by atoms with van der Waals surface area (Å²) < 4.78 is 0. The number of nitrogens with one attached hydrogen (secondary N) is 2. The molecule has 0 saturated carbocycles. The second kappa shape index (κ2) is 7.92. The normalized spacial score (nSPS) is 17.7. The van der Waals surface area contributed by atoms with E-state index in [2.05, 4.69) is 36.9 Å². The highest BCUT2D eigenvalue weighted by atomic mass is 32.1. The third-order valence-corrected chi connectivity index (χ3v) is 4.76. The average Bonchev–Trinajstić information content (AvgIpc) is 3.09. The van der Waals surface area contributed by atoms with Crippen molar-refractivity contribution in [2.24, 2.45) is 0 Å². The van der Waals surface area contributed by atoms with Crippen LogP contribution in [0.15, 0.2) is 36.0 Å². The van der Waals surface area contributed by atoms with E-state index in [1.165, 1.54) is 4.88 Å². The summed E-state index contributed by atoms with van der Waals surface area (Å²) in [7, 11) is 0. The van der Waals surface area contributed by atoms with Crippen molar-refractivity contribution in [1.82, 2.24) is 20.6 Å². The van der Waals surface area contributed by atoms with Gasteiger partial charge in [-0.05, 0) is 36.8 Å². The van der Waals surface area contributed by atoms with Crippen LogP contribution in [-0.2, 0) is 6.42 Å². The van der Waals surface area contributed by atoms with Crippen molar-refractivity contribution in [2.45, 2.75) is 25.3 Å². The van der Waals surface area contributed by atoms with E-state index >= 15 is 0 Å². The minimum atomic E-state index is -0.0950. The predicted octanol–water partition coefficient (Wildman–Crippen LogP) is 2.05. The van der Waals surface area contributed by atoms with Crippen LogP contribution >= 0.6 is 11.3 Å². The van der Waals surface area contributed by atoms with Crippen LogP contribution in [0.5, 0.6) is 0 Å². The molecule has 2 aromatic rings. The smallest absolute Gasteiger partial charge is 0.315 e. The fourth-order valence-corrected chi connectivity index (χ4v) is 3.43. The Bertz CT molecular complexity index is 604. The second-order valence-electron chi connectivity index (χ2n) is 5.56. The molecular weight excluding hydrogens is 310 g/mol. The Labute approximate surface area is 140 Å². The number of amides is 2. The molecule has 1 atom stereocenters. The highest BCUT2D eigenvalue weighted by Crippen LogP contribution is 2.15. The van der Waals surface area contributed by atoms with Gasteiger partial charge in [0.05, 0.1) is 0 Å². The standard InChI is InChI=1S/C16H21N5OS/c22-16(19-9-6-14-5-2-11-23-14)20-13-4-1-10-21(12-13)15-17-7-3-8-18-15/h2-3,5,7-8,11,13H,1,4,6,9-10,12H2,(H2,19,20,22)/t13-/m1/s1. The summed E-state index contributed by atoms with van der Waals surface area (Å²) in [5.41, 5.74) is 0. The molecule has 0 aromatic carbocycles. The molecule has 0 aliphatic carbocycles. The van der Waals surface area contributed by atoms with Gasteiger partial charge >= 0.3 is 6.03 Å². The summed E-state index contributed by atoms with van der Waals surface area (Å²) in [4.78, 5) is 24.0. The zero-order valence-electron chi connectivity index (χ0n) is 12.9. The summed E-state index contributed by atoms with van der Waals surface area (Å²) in [5.74, 6) is 0.733. The van der Waals surface area contributed by atoms with Gasteiger partial charge in [-0.15, -0.1) is 11.3 Å². The lowest BCUT2D eigenvalue weighted by Gasteiger charge is -2.33. The molecule has 1 aliphatic rings. The number of carbonyl (C=O) groups is 1. The van der Waals surface area contributed by atoms with Gasteiger partial charge in [-0.1, -0.05) is 6.07 Å². The van der Waals surface area contributed by atoms with Crippen LogP contribution in [0, 0.1) is 0 Å². The molecule has 23 heavy (non-hydrogen) atoms. The number of anilines is 1. The van der Waals surface area contributed by atoms with Crippen molar-refractivity contribution in [1.29, 1.82) is 0 Å². The maximum absolute atomic E-state index is 12.0. The Morgan fingerprint density at radius 1 is 1.35 bits per heavy atom. The molecule has 0 spiro atoms. The lowest BCUT2D eigenvalue weighted by Crippen LogP contribution is -2.51. The molecule has 1 saturated heterocycles. The van der Waals surface area contributed by atoms with Gasteiger partial charge in [0.25, 0.3) is 0 Å². The number of nitrogens with zero attached hydrogens (tertiary/aromatic N) is 3. The van der Waals surface area contributed by atoms with E-state index in [1.54, 1.807) is 23.7 Å². The fraction of sp³-hybridized carbons (Fsp3) is 0.438. The Hall–Kier alpha value is -2.15. The lowest BCUT2D eigenvalue weighted by molar-refractivity contribution is 0.235. The molecule has 3 heterocycles. The lowest BCUT2D eigenvalue weighted by atomic mass is 10.1. The van der Waals surface area contributed by atoms with E-state index in [4.69, 9.17) is 0 Å². The zero-order chi connectivity index (χ0) is 15.9. The Kier molecular flexibility index (Phi) is 5.42. The largest absolute Gasteiger partial charge is 0.339 e. The van der Waals surface area contributed by atoms with E-state index < -0.39 is 0 Å². The van der Waals surface area contributed by atoms with Gasteiger partial charge in [-0.25, -0.2) is 14.8 Å².